The SMILES string of the molecule is Cc1ccc2c(N=Nc3cc(C)c(Nc4cc(F)cc(F)n4)cc3C)ccc(N=Nc3c(S(=O)(=O)O)cc(C)c4cc(S(=O)(=O)O)ccc34)c2c1. The maximum atomic E-state index is 13.7. The number of azo groups is 2. The second-order valence-corrected chi connectivity index (χ2v) is 14.6. The Morgan fingerprint density at radius 1 is 0.608 bits per heavy atom. The number of hydrogen-bond donors (Lipinski definition) is 3. The molecule has 0 saturated carbocycles. The maximum Gasteiger partial charge on any atom is 0.296 e. The first-order valence-electron chi connectivity index (χ1n) is 15.1. The van der Waals surface area contributed by atoms with Crippen LogP contribution in [0.2, 0.25) is 0 Å². The fourth-order valence-electron chi connectivity index (χ4n) is 5.52. The molecule has 0 radical (unpaired) electrons. The average molecular weight is 731 g/mol. The fourth-order valence-corrected chi connectivity index (χ4v) is 6.75. The molecule has 51 heavy (non-hydrogen) atoms. The van der Waals surface area contributed by atoms with Crippen molar-refractivity contribution in [1.29, 1.82) is 0 Å². The van der Waals surface area contributed by atoms with Gasteiger partial charge in [0.25, 0.3) is 20.2 Å². The molecule has 0 saturated heterocycles. The van der Waals surface area contributed by atoms with Crippen LogP contribution in [-0.2, 0) is 20.2 Å². The van der Waals surface area contributed by atoms with Crippen LogP contribution in [0.5, 0.6) is 0 Å². The van der Waals surface area contributed by atoms with Crippen LogP contribution in [0.1, 0.15) is 22.3 Å². The van der Waals surface area contributed by atoms with Gasteiger partial charge in [-0.25, -0.2) is 9.37 Å². The van der Waals surface area contributed by atoms with E-state index in [1.807, 2.05) is 32.0 Å². The van der Waals surface area contributed by atoms with Gasteiger partial charge in [-0.1, -0.05) is 23.8 Å². The molecule has 0 aliphatic heterocycles. The highest BCUT2D eigenvalue weighted by molar-refractivity contribution is 7.86. The number of aromatic nitrogens is 1. The number of benzene rings is 5. The van der Waals surface area contributed by atoms with Crippen molar-refractivity contribution in [2.75, 3.05) is 5.32 Å². The lowest BCUT2D eigenvalue weighted by Gasteiger charge is -2.12. The fraction of sp³-hybridized carbons (Fsp3) is 0.114. The van der Waals surface area contributed by atoms with E-state index in [9.17, 15) is 34.7 Å². The number of aryl methyl sites for hydroxylation is 4. The molecule has 0 spiro atoms. The molecule has 0 aliphatic rings. The van der Waals surface area contributed by atoms with E-state index in [1.54, 1.807) is 31.2 Å². The lowest BCUT2D eigenvalue weighted by Crippen LogP contribution is -2.01. The number of anilines is 2. The molecule has 0 amide bonds. The number of pyridine rings is 1. The maximum absolute atomic E-state index is 13.7. The van der Waals surface area contributed by atoms with Crippen molar-refractivity contribution in [3.63, 3.8) is 0 Å². The van der Waals surface area contributed by atoms with Crippen molar-refractivity contribution in [3.05, 3.63) is 113 Å². The Labute approximate surface area is 291 Å². The van der Waals surface area contributed by atoms with Gasteiger partial charge in [0.1, 0.15) is 22.2 Å². The Balaban J connectivity index is 1.39. The zero-order chi connectivity index (χ0) is 36.8. The van der Waals surface area contributed by atoms with Gasteiger partial charge in [-0.2, -0.15) is 26.3 Å². The Kier molecular flexibility index (Phi) is 9.20. The Bertz CT molecular complexity index is 2680. The van der Waals surface area contributed by atoms with E-state index < -0.39 is 41.8 Å². The molecule has 3 N–H and O–H groups in total. The standard InChI is InChI=1S/C35H28F2N6O6S2/c1-18-5-7-24-27(11-18)29(41-43-35-25-8-6-23(50(44,45)46)17-26(25)19(2)14-32(35)51(47,48)49)10-9-28(24)40-42-31-13-20(3)30(12-21(31)4)38-34-16-22(36)15-33(37)39-34/h5-17H,1-4H3,(H,38,39)(H,44,45,46)(H,47,48,49). The van der Waals surface area contributed by atoms with Gasteiger partial charge in [-0.05, 0) is 98.3 Å². The minimum atomic E-state index is -4.79. The first-order valence-corrected chi connectivity index (χ1v) is 18.0. The summed E-state index contributed by atoms with van der Waals surface area (Å²) in [7, 11) is -9.35. The van der Waals surface area contributed by atoms with Gasteiger partial charge in [0.15, 0.2) is 0 Å². The summed E-state index contributed by atoms with van der Waals surface area (Å²) >= 11 is 0. The van der Waals surface area contributed by atoms with Crippen molar-refractivity contribution >= 4 is 76.0 Å². The van der Waals surface area contributed by atoms with Gasteiger partial charge < -0.3 is 5.32 Å². The zero-order valence-electron chi connectivity index (χ0n) is 27.3. The molecule has 1 aromatic heterocycles. The number of hydrogen-bond acceptors (Lipinski definition) is 10. The second-order valence-electron chi connectivity index (χ2n) is 11.8. The largest absolute Gasteiger partial charge is 0.340 e. The van der Waals surface area contributed by atoms with Crippen molar-refractivity contribution in [2.45, 2.75) is 37.5 Å². The smallest absolute Gasteiger partial charge is 0.296 e. The van der Waals surface area contributed by atoms with Crippen LogP contribution < -0.4 is 5.32 Å². The quantitative estimate of drug-likeness (QED) is 0.0785. The minimum Gasteiger partial charge on any atom is -0.340 e. The van der Waals surface area contributed by atoms with Crippen LogP contribution in [-0.4, -0.2) is 30.9 Å². The summed E-state index contributed by atoms with van der Waals surface area (Å²) in [5.74, 6) is -1.70. The summed E-state index contributed by atoms with van der Waals surface area (Å²) in [6.07, 6.45) is 0. The number of nitrogens with zero attached hydrogens (tertiary/aromatic N) is 5. The lowest BCUT2D eigenvalue weighted by atomic mass is 10.0. The molecule has 1 heterocycles. The minimum absolute atomic E-state index is 0.0134. The molecular weight excluding hydrogens is 703 g/mol. The summed E-state index contributed by atoms with van der Waals surface area (Å²) in [5, 5.41) is 22.2. The van der Waals surface area contributed by atoms with Crippen LogP contribution in [0.4, 0.5) is 43.0 Å². The van der Waals surface area contributed by atoms with Gasteiger partial charge in [-0.15, -0.1) is 15.3 Å². The molecule has 6 rings (SSSR count). The third-order valence-corrected chi connectivity index (χ3v) is 9.76. The topological polar surface area (TPSA) is 183 Å². The Morgan fingerprint density at radius 3 is 1.96 bits per heavy atom. The summed E-state index contributed by atoms with van der Waals surface area (Å²) in [4.78, 5) is 2.74. The number of fused-ring (bicyclic) bond motifs is 2. The molecule has 12 nitrogen and oxygen atoms in total. The first kappa shape index (κ1) is 35.3. The second kappa shape index (κ2) is 13.3. The third kappa shape index (κ3) is 7.48. The molecule has 0 aliphatic carbocycles. The summed E-state index contributed by atoms with van der Waals surface area (Å²) < 4.78 is 95.3. The van der Waals surface area contributed by atoms with Crippen LogP contribution in [0.15, 0.2) is 109 Å². The van der Waals surface area contributed by atoms with Gasteiger partial charge >= 0.3 is 0 Å². The average Bonchev–Trinajstić information content (AvgIpc) is 3.04. The predicted molar refractivity (Wildman–Crippen MR) is 189 cm³/mol. The Hall–Kier alpha value is -5.55. The zero-order valence-corrected chi connectivity index (χ0v) is 29.0. The van der Waals surface area contributed by atoms with E-state index in [0.29, 0.717) is 45.2 Å². The third-order valence-electron chi connectivity index (χ3n) is 8.04. The van der Waals surface area contributed by atoms with E-state index >= 15 is 0 Å². The van der Waals surface area contributed by atoms with Crippen LogP contribution in [0.25, 0.3) is 21.5 Å². The normalized spacial score (nSPS) is 12.5. The Morgan fingerprint density at radius 2 is 1.27 bits per heavy atom. The number of rotatable bonds is 8. The van der Waals surface area contributed by atoms with Crippen molar-refractivity contribution in [1.82, 2.24) is 4.98 Å². The van der Waals surface area contributed by atoms with E-state index in [2.05, 4.69) is 30.8 Å². The lowest BCUT2D eigenvalue weighted by molar-refractivity contribution is 0.481. The van der Waals surface area contributed by atoms with E-state index in [4.69, 9.17) is 0 Å². The molecule has 260 valence electrons. The highest BCUT2D eigenvalue weighted by Crippen LogP contribution is 2.40. The molecule has 5 aromatic carbocycles. The summed E-state index contributed by atoms with van der Waals surface area (Å²) in [6, 6.07) is 18.8. The molecular formula is C35H28F2N6O6S2. The number of halogens is 2. The van der Waals surface area contributed by atoms with Crippen LogP contribution >= 0.6 is 0 Å². The van der Waals surface area contributed by atoms with Crippen molar-refractivity contribution in [3.8, 4) is 0 Å². The van der Waals surface area contributed by atoms with Crippen LogP contribution in [0, 0.1) is 39.5 Å². The molecule has 0 atom stereocenters. The predicted octanol–water partition coefficient (Wildman–Crippen LogP) is 9.97. The van der Waals surface area contributed by atoms with E-state index in [1.165, 1.54) is 19.1 Å². The van der Waals surface area contributed by atoms with Gasteiger partial charge in [0.05, 0.1) is 22.0 Å². The molecule has 0 fully saturated rings. The van der Waals surface area contributed by atoms with Crippen LogP contribution in [0.3, 0.4) is 0 Å². The van der Waals surface area contributed by atoms with Gasteiger partial charge in [-0.3, -0.25) is 9.11 Å². The summed E-state index contributed by atoms with van der Waals surface area (Å²) in [6.45, 7) is 7.01. The highest BCUT2D eigenvalue weighted by atomic mass is 32.2. The molecule has 0 unspecified atom stereocenters. The highest BCUT2D eigenvalue weighted by Gasteiger charge is 2.22. The van der Waals surface area contributed by atoms with Crippen molar-refractivity contribution in [2.24, 2.45) is 20.5 Å². The monoisotopic (exact) mass is 730 g/mol. The van der Waals surface area contributed by atoms with Crippen molar-refractivity contribution < 1.29 is 34.7 Å². The van der Waals surface area contributed by atoms with Gasteiger partial charge in [0.2, 0.25) is 5.95 Å². The van der Waals surface area contributed by atoms with E-state index in [0.717, 1.165) is 34.9 Å². The molecule has 16 heteroatoms. The van der Waals surface area contributed by atoms with Gasteiger partial charge in [0, 0.05) is 34.0 Å². The summed E-state index contributed by atoms with van der Waals surface area (Å²) in [5.41, 5.74) is 4.35. The molecule has 6 aromatic rings. The molecule has 0 bridgehead atoms. The first-order chi connectivity index (χ1) is 24.0. The van der Waals surface area contributed by atoms with E-state index in [-0.39, 0.29) is 22.3 Å². The number of nitrogens with one attached hydrogen (secondary N) is 1.